The first kappa shape index (κ1) is 20.1. The van der Waals surface area contributed by atoms with Crippen molar-refractivity contribution in [1.29, 1.82) is 10.5 Å². The average Bonchev–Trinajstić information content (AvgIpc) is 2.61. The molecular weight excluding hydrogens is 379 g/mol. The van der Waals surface area contributed by atoms with Crippen LogP contribution >= 0.6 is 11.8 Å². The molecule has 6 nitrogen and oxygen atoms in total. The number of thioether (sulfide) groups is 1. The number of hydrogen-bond acceptors (Lipinski definition) is 6. The fraction of sp³-hybridized carbons (Fsp3) is 0.176. The van der Waals surface area contributed by atoms with Gasteiger partial charge in [-0.1, -0.05) is 11.8 Å². The molecule has 0 radical (unpaired) electrons. The van der Waals surface area contributed by atoms with Crippen LogP contribution in [0, 0.1) is 22.7 Å². The van der Waals surface area contributed by atoms with Crippen LogP contribution in [0.4, 0.5) is 24.7 Å². The number of benzene rings is 1. The van der Waals surface area contributed by atoms with Crippen LogP contribution in [0.25, 0.3) is 0 Å². The summed E-state index contributed by atoms with van der Waals surface area (Å²) in [6.45, 7) is 1.54. The van der Waals surface area contributed by atoms with E-state index in [9.17, 15) is 18.0 Å². The number of amides is 1. The van der Waals surface area contributed by atoms with Gasteiger partial charge >= 0.3 is 6.18 Å². The molecule has 0 bridgehead atoms. The van der Waals surface area contributed by atoms with Gasteiger partial charge in [0, 0.05) is 5.69 Å². The van der Waals surface area contributed by atoms with E-state index >= 15 is 0 Å². The summed E-state index contributed by atoms with van der Waals surface area (Å²) < 4.78 is 37.7. The normalized spacial score (nSPS) is 11.9. The summed E-state index contributed by atoms with van der Waals surface area (Å²) in [7, 11) is 0. The van der Waals surface area contributed by atoms with Crippen molar-refractivity contribution < 1.29 is 18.0 Å². The Balaban J connectivity index is 2.12. The Bertz CT molecular complexity index is 945. The minimum atomic E-state index is -4.46. The first-order chi connectivity index (χ1) is 12.7. The number of nitrogens with two attached hydrogens (primary N) is 1. The molecule has 2 aromatic rings. The molecule has 0 spiro atoms. The standard InChI is InChI=1S/C17H12F3N5OS/c1-9(27-16-11(8-22)6-10(7-21)14(23)25-16)15(26)24-13-4-2-12(3-5-13)17(18,19)20/h2-6,9H,1H3,(H2,23,25)(H,24,26)/t9-/m0/s1. The largest absolute Gasteiger partial charge is 0.416 e. The van der Waals surface area contributed by atoms with Crippen molar-refractivity contribution in [3.8, 4) is 12.1 Å². The highest BCUT2D eigenvalue weighted by atomic mass is 32.2. The summed E-state index contributed by atoms with van der Waals surface area (Å²) in [5, 5.41) is 20.0. The maximum Gasteiger partial charge on any atom is 0.416 e. The third-order valence-corrected chi connectivity index (χ3v) is 4.50. The van der Waals surface area contributed by atoms with E-state index in [-0.39, 0.29) is 27.7 Å². The first-order valence-electron chi connectivity index (χ1n) is 7.41. The van der Waals surface area contributed by atoms with Crippen molar-refractivity contribution >= 4 is 29.2 Å². The smallest absolute Gasteiger partial charge is 0.383 e. The zero-order valence-electron chi connectivity index (χ0n) is 13.8. The van der Waals surface area contributed by atoms with Crippen LogP contribution in [0.1, 0.15) is 23.6 Å². The molecule has 0 aliphatic carbocycles. The van der Waals surface area contributed by atoms with E-state index in [1.54, 1.807) is 6.92 Å². The van der Waals surface area contributed by atoms with Crippen molar-refractivity contribution in [2.24, 2.45) is 0 Å². The second-order valence-electron chi connectivity index (χ2n) is 5.32. The first-order valence-corrected chi connectivity index (χ1v) is 8.29. The van der Waals surface area contributed by atoms with Crippen molar-refractivity contribution in [3.05, 3.63) is 47.0 Å². The van der Waals surface area contributed by atoms with Gasteiger partial charge in [-0.05, 0) is 37.3 Å². The lowest BCUT2D eigenvalue weighted by atomic mass is 10.2. The number of halogens is 3. The lowest BCUT2D eigenvalue weighted by Gasteiger charge is -2.13. The molecule has 27 heavy (non-hydrogen) atoms. The molecule has 1 heterocycles. The molecule has 0 fully saturated rings. The number of alkyl halides is 3. The SMILES string of the molecule is C[C@H](Sc1nc(N)c(C#N)cc1C#N)C(=O)Nc1ccc(C(F)(F)F)cc1. The number of rotatable bonds is 4. The summed E-state index contributed by atoms with van der Waals surface area (Å²) in [6, 6.07) is 9.01. The molecule has 0 aliphatic rings. The van der Waals surface area contributed by atoms with Gasteiger partial charge in [0.1, 0.15) is 23.0 Å². The van der Waals surface area contributed by atoms with Crippen LogP contribution in [-0.4, -0.2) is 16.1 Å². The maximum atomic E-state index is 12.6. The molecule has 1 atom stereocenters. The van der Waals surface area contributed by atoms with E-state index in [0.29, 0.717) is 0 Å². The van der Waals surface area contributed by atoms with Crippen LogP contribution in [0.15, 0.2) is 35.4 Å². The van der Waals surface area contributed by atoms with E-state index < -0.39 is 22.9 Å². The van der Waals surface area contributed by atoms with Gasteiger partial charge in [0.2, 0.25) is 5.91 Å². The number of aromatic nitrogens is 1. The second-order valence-corrected chi connectivity index (χ2v) is 6.65. The Morgan fingerprint density at radius 2 is 1.81 bits per heavy atom. The molecule has 2 rings (SSSR count). The second kappa shape index (κ2) is 7.98. The molecule has 1 amide bonds. The molecule has 3 N–H and O–H groups in total. The Morgan fingerprint density at radius 3 is 2.33 bits per heavy atom. The van der Waals surface area contributed by atoms with E-state index in [4.69, 9.17) is 16.3 Å². The number of carbonyl (C=O) groups excluding carboxylic acids is 1. The lowest BCUT2D eigenvalue weighted by molar-refractivity contribution is -0.137. The average molecular weight is 391 g/mol. The van der Waals surface area contributed by atoms with Gasteiger partial charge < -0.3 is 11.1 Å². The highest BCUT2D eigenvalue weighted by molar-refractivity contribution is 8.00. The van der Waals surface area contributed by atoms with Gasteiger partial charge in [0.05, 0.1) is 21.9 Å². The zero-order valence-corrected chi connectivity index (χ0v) is 14.6. The summed E-state index contributed by atoms with van der Waals surface area (Å²) in [5.41, 5.74) is 5.16. The predicted octanol–water partition coefficient (Wildman–Crippen LogP) is 3.55. The number of pyridine rings is 1. The van der Waals surface area contributed by atoms with Gasteiger partial charge in [0.25, 0.3) is 0 Å². The fourth-order valence-corrected chi connectivity index (χ4v) is 2.86. The molecule has 1 aromatic carbocycles. The third-order valence-electron chi connectivity index (χ3n) is 3.40. The molecule has 0 saturated carbocycles. The quantitative estimate of drug-likeness (QED) is 0.770. The predicted molar refractivity (Wildman–Crippen MR) is 93.5 cm³/mol. The lowest BCUT2D eigenvalue weighted by Crippen LogP contribution is -2.22. The van der Waals surface area contributed by atoms with Gasteiger partial charge in [-0.3, -0.25) is 4.79 Å². The van der Waals surface area contributed by atoms with Gasteiger partial charge in [0.15, 0.2) is 0 Å². The van der Waals surface area contributed by atoms with Crippen LogP contribution < -0.4 is 11.1 Å². The summed E-state index contributed by atoms with van der Waals surface area (Å²) >= 11 is 0.948. The summed E-state index contributed by atoms with van der Waals surface area (Å²) in [4.78, 5) is 16.2. The van der Waals surface area contributed by atoms with Crippen molar-refractivity contribution in [2.75, 3.05) is 11.1 Å². The van der Waals surface area contributed by atoms with Gasteiger partial charge in [-0.15, -0.1) is 0 Å². The number of nitriles is 2. The third kappa shape index (κ3) is 4.90. The van der Waals surface area contributed by atoms with Crippen LogP contribution in [0.5, 0.6) is 0 Å². The number of anilines is 2. The minimum absolute atomic E-state index is 0.0535. The Morgan fingerprint density at radius 1 is 1.22 bits per heavy atom. The molecule has 0 saturated heterocycles. The van der Waals surface area contributed by atoms with Crippen molar-refractivity contribution in [1.82, 2.24) is 4.98 Å². The maximum absolute atomic E-state index is 12.6. The molecule has 0 unspecified atom stereocenters. The van der Waals surface area contributed by atoms with Gasteiger partial charge in [-0.2, -0.15) is 23.7 Å². The summed E-state index contributed by atoms with van der Waals surface area (Å²) in [6.07, 6.45) is -4.46. The van der Waals surface area contributed by atoms with E-state index in [0.717, 1.165) is 36.0 Å². The number of nitrogen functional groups attached to an aromatic ring is 1. The molecule has 138 valence electrons. The Labute approximate surface area is 156 Å². The van der Waals surface area contributed by atoms with Crippen LogP contribution in [0.3, 0.4) is 0 Å². The monoisotopic (exact) mass is 391 g/mol. The Hall–Kier alpha value is -3.24. The van der Waals surface area contributed by atoms with E-state index in [1.807, 2.05) is 12.1 Å². The fourth-order valence-electron chi connectivity index (χ4n) is 1.98. The minimum Gasteiger partial charge on any atom is -0.383 e. The van der Waals surface area contributed by atoms with E-state index in [1.165, 1.54) is 6.07 Å². The molecule has 1 aromatic heterocycles. The number of hydrogen-bond donors (Lipinski definition) is 2. The van der Waals surface area contributed by atoms with Gasteiger partial charge in [-0.25, -0.2) is 4.98 Å². The topological polar surface area (TPSA) is 116 Å². The molecule has 0 aliphatic heterocycles. The van der Waals surface area contributed by atoms with E-state index in [2.05, 4.69) is 10.3 Å². The molecule has 10 heteroatoms. The number of carbonyl (C=O) groups is 1. The zero-order chi connectivity index (χ0) is 20.2. The Kier molecular flexibility index (Phi) is 5.93. The highest BCUT2D eigenvalue weighted by Gasteiger charge is 2.30. The molecular formula is C17H12F3N5OS. The number of nitrogens with zero attached hydrogens (tertiary/aromatic N) is 3. The van der Waals surface area contributed by atoms with Crippen LogP contribution in [0.2, 0.25) is 0 Å². The summed E-state index contributed by atoms with van der Waals surface area (Å²) in [5.74, 6) is -0.553. The van der Waals surface area contributed by atoms with Crippen molar-refractivity contribution in [3.63, 3.8) is 0 Å². The number of nitrogens with one attached hydrogen (secondary N) is 1. The van der Waals surface area contributed by atoms with Crippen LogP contribution in [-0.2, 0) is 11.0 Å². The highest BCUT2D eigenvalue weighted by Crippen LogP contribution is 2.31. The van der Waals surface area contributed by atoms with Crippen molar-refractivity contribution in [2.45, 2.75) is 23.4 Å².